The van der Waals surface area contributed by atoms with Crippen LogP contribution in [0.1, 0.15) is 62.3 Å². The van der Waals surface area contributed by atoms with Crippen molar-refractivity contribution in [2.45, 2.75) is 61.2 Å². The maximum Gasteiger partial charge on any atom is 0.223 e. The minimum atomic E-state index is 0.358. The van der Waals surface area contributed by atoms with Gasteiger partial charge in [-0.3, -0.25) is 0 Å². The molecule has 2 aliphatic rings. The second-order valence-electron chi connectivity index (χ2n) is 5.76. The zero-order valence-electron chi connectivity index (χ0n) is 12.1. The molecule has 4 nitrogen and oxygen atoms in total. The topological polar surface area (TPSA) is 64.7 Å². The van der Waals surface area contributed by atoms with Crippen LogP contribution in [0.4, 0.5) is 5.95 Å². The lowest BCUT2D eigenvalue weighted by molar-refractivity contribution is 0.651. The summed E-state index contributed by atoms with van der Waals surface area (Å²) in [5.41, 5.74) is 5.92. The lowest BCUT2D eigenvalue weighted by Crippen LogP contribution is -2.24. The predicted octanol–water partition coefficient (Wildman–Crippen LogP) is 3.41. The molecular weight excluding hydrogens is 288 g/mol. The van der Waals surface area contributed by atoms with Gasteiger partial charge in [0.15, 0.2) is 0 Å². The van der Waals surface area contributed by atoms with Crippen LogP contribution < -0.4 is 5.73 Å². The largest absolute Gasteiger partial charge is 0.368 e. The molecule has 2 fully saturated rings. The molecule has 0 amide bonds. The lowest BCUT2D eigenvalue weighted by atomic mass is 10.1. The monoisotopic (exact) mass is 310 g/mol. The van der Waals surface area contributed by atoms with E-state index in [1.807, 2.05) is 23.5 Å². The normalized spacial score (nSPS) is 31.6. The second-order valence-corrected chi connectivity index (χ2v) is 8.75. The van der Waals surface area contributed by atoms with E-state index in [0.29, 0.717) is 27.6 Å². The van der Waals surface area contributed by atoms with Crippen molar-refractivity contribution in [3.63, 3.8) is 0 Å². The fraction of sp³-hybridized carbons (Fsp3) is 0.786. The lowest BCUT2D eigenvalue weighted by Gasteiger charge is -2.30. The molecule has 1 aliphatic heterocycles. The Hall–Kier alpha value is -0.490. The average Bonchev–Trinajstić information content (AvgIpc) is 2.95. The Bertz CT molecular complexity index is 476. The molecule has 3 atom stereocenters. The van der Waals surface area contributed by atoms with Crippen molar-refractivity contribution in [2.75, 3.05) is 11.5 Å². The molecule has 1 saturated carbocycles. The number of aromatic nitrogens is 3. The van der Waals surface area contributed by atoms with Gasteiger partial charge in [-0.25, -0.2) is 4.98 Å². The number of rotatable bonds is 2. The van der Waals surface area contributed by atoms with Crippen molar-refractivity contribution in [3.05, 3.63) is 11.6 Å². The standard InChI is InChI=1S/C14H22N4S2/c1-8-9(2)20-11(7-19-8)13-16-12(17-14(15)18-13)10-5-3-4-6-10/h8-11H,3-7H2,1-2H3,(H2,15,16,17,18). The molecule has 1 saturated heterocycles. The molecule has 20 heavy (non-hydrogen) atoms. The van der Waals surface area contributed by atoms with E-state index in [4.69, 9.17) is 10.7 Å². The summed E-state index contributed by atoms with van der Waals surface area (Å²) in [6.45, 7) is 4.58. The van der Waals surface area contributed by atoms with Gasteiger partial charge in [-0.1, -0.05) is 26.7 Å². The van der Waals surface area contributed by atoms with Crippen molar-refractivity contribution in [1.82, 2.24) is 15.0 Å². The molecule has 1 aromatic rings. The van der Waals surface area contributed by atoms with Gasteiger partial charge in [-0.15, -0.1) is 11.8 Å². The van der Waals surface area contributed by atoms with Crippen molar-refractivity contribution >= 4 is 29.5 Å². The van der Waals surface area contributed by atoms with Gasteiger partial charge in [0.2, 0.25) is 5.95 Å². The zero-order valence-corrected chi connectivity index (χ0v) is 13.7. The first kappa shape index (κ1) is 14.4. The van der Waals surface area contributed by atoms with Gasteiger partial charge >= 0.3 is 0 Å². The van der Waals surface area contributed by atoms with E-state index in [1.165, 1.54) is 25.7 Å². The fourth-order valence-electron chi connectivity index (χ4n) is 2.86. The van der Waals surface area contributed by atoms with Crippen LogP contribution >= 0.6 is 23.5 Å². The Morgan fingerprint density at radius 1 is 1.00 bits per heavy atom. The third-order valence-electron chi connectivity index (χ3n) is 4.25. The van der Waals surface area contributed by atoms with Crippen molar-refractivity contribution in [3.8, 4) is 0 Å². The molecule has 0 bridgehead atoms. The summed E-state index contributed by atoms with van der Waals surface area (Å²) in [4.78, 5) is 13.6. The quantitative estimate of drug-likeness (QED) is 0.903. The molecule has 0 spiro atoms. The van der Waals surface area contributed by atoms with Crippen LogP contribution in [0.2, 0.25) is 0 Å². The minimum Gasteiger partial charge on any atom is -0.368 e. The van der Waals surface area contributed by atoms with Crippen LogP contribution in [-0.2, 0) is 0 Å². The molecule has 6 heteroatoms. The summed E-state index contributed by atoms with van der Waals surface area (Å²) >= 11 is 3.99. The van der Waals surface area contributed by atoms with E-state index < -0.39 is 0 Å². The smallest absolute Gasteiger partial charge is 0.223 e. The molecule has 1 aliphatic carbocycles. The predicted molar refractivity (Wildman–Crippen MR) is 87.2 cm³/mol. The molecule has 2 N–H and O–H groups in total. The molecule has 1 aromatic heterocycles. The Morgan fingerprint density at radius 2 is 1.70 bits per heavy atom. The first-order valence-corrected chi connectivity index (χ1v) is 9.41. The van der Waals surface area contributed by atoms with E-state index in [1.54, 1.807) is 0 Å². The van der Waals surface area contributed by atoms with E-state index >= 15 is 0 Å². The van der Waals surface area contributed by atoms with Gasteiger partial charge in [0, 0.05) is 22.2 Å². The molecule has 3 unspecified atom stereocenters. The zero-order chi connectivity index (χ0) is 14.1. The first-order valence-electron chi connectivity index (χ1n) is 7.42. The summed E-state index contributed by atoms with van der Waals surface area (Å²) in [5.74, 6) is 3.80. The maximum atomic E-state index is 5.92. The van der Waals surface area contributed by atoms with Crippen molar-refractivity contribution in [2.24, 2.45) is 0 Å². The van der Waals surface area contributed by atoms with E-state index in [-0.39, 0.29) is 0 Å². The molecule has 2 heterocycles. The van der Waals surface area contributed by atoms with Gasteiger partial charge in [0.05, 0.1) is 5.25 Å². The average molecular weight is 310 g/mol. The minimum absolute atomic E-state index is 0.358. The highest BCUT2D eigenvalue weighted by atomic mass is 32.2. The molecular formula is C14H22N4S2. The van der Waals surface area contributed by atoms with Crippen LogP contribution in [0.5, 0.6) is 0 Å². The number of hydrogen-bond acceptors (Lipinski definition) is 6. The van der Waals surface area contributed by atoms with Crippen LogP contribution in [0, 0.1) is 0 Å². The van der Waals surface area contributed by atoms with Crippen molar-refractivity contribution in [1.29, 1.82) is 0 Å². The Labute approximate surface area is 129 Å². The molecule has 110 valence electrons. The van der Waals surface area contributed by atoms with E-state index in [9.17, 15) is 0 Å². The highest BCUT2D eigenvalue weighted by Gasteiger charge is 2.30. The molecule has 3 rings (SSSR count). The molecule has 0 aromatic carbocycles. The van der Waals surface area contributed by atoms with Crippen LogP contribution in [0.25, 0.3) is 0 Å². The van der Waals surface area contributed by atoms with E-state index in [2.05, 4.69) is 23.8 Å². The summed E-state index contributed by atoms with van der Waals surface area (Å²) in [6, 6.07) is 0. The number of anilines is 1. The van der Waals surface area contributed by atoms with E-state index in [0.717, 1.165) is 17.4 Å². The summed E-state index contributed by atoms with van der Waals surface area (Å²) in [5, 5.41) is 1.69. The van der Waals surface area contributed by atoms with Crippen LogP contribution in [0.3, 0.4) is 0 Å². The Kier molecular flexibility index (Phi) is 4.40. The summed E-state index contributed by atoms with van der Waals surface area (Å²) < 4.78 is 0. The van der Waals surface area contributed by atoms with Crippen molar-refractivity contribution < 1.29 is 0 Å². The number of nitrogen functional groups attached to an aromatic ring is 1. The van der Waals surface area contributed by atoms with Gasteiger partial charge in [-0.05, 0) is 12.8 Å². The maximum absolute atomic E-state index is 5.92. The number of nitrogens with two attached hydrogens (primary N) is 1. The first-order chi connectivity index (χ1) is 9.63. The Morgan fingerprint density at radius 3 is 2.40 bits per heavy atom. The number of thioether (sulfide) groups is 2. The highest BCUT2D eigenvalue weighted by Crippen LogP contribution is 2.43. The summed E-state index contributed by atoms with van der Waals surface area (Å²) in [6.07, 6.45) is 4.97. The van der Waals surface area contributed by atoms with Gasteiger partial charge < -0.3 is 5.73 Å². The SMILES string of the molecule is CC1SCC(c2nc(N)nc(C3CCCC3)n2)SC1C. The van der Waals surface area contributed by atoms with Crippen LogP contribution in [-0.4, -0.2) is 31.2 Å². The third-order valence-corrected chi connectivity index (χ3v) is 7.63. The second kappa shape index (κ2) is 6.10. The molecule has 0 radical (unpaired) electrons. The number of hydrogen-bond donors (Lipinski definition) is 1. The summed E-state index contributed by atoms with van der Waals surface area (Å²) in [7, 11) is 0. The fourth-order valence-corrected chi connectivity index (χ4v) is 5.70. The van der Waals surface area contributed by atoms with Gasteiger partial charge in [-0.2, -0.15) is 21.7 Å². The van der Waals surface area contributed by atoms with Gasteiger partial charge in [0.1, 0.15) is 11.6 Å². The van der Waals surface area contributed by atoms with Gasteiger partial charge in [0.25, 0.3) is 0 Å². The highest BCUT2D eigenvalue weighted by molar-refractivity contribution is 8.07. The van der Waals surface area contributed by atoms with Crippen LogP contribution in [0.15, 0.2) is 0 Å². The Balaban J connectivity index is 1.82. The number of nitrogens with zero attached hydrogens (tertiary/aromatic N) is 3. The third kappa shape index (κ3) is 3.06.